The van der Waals surface area contributed by atoms with Crippen LogP contribution in [0.15, 0.2) is 6.07 Å². The molecule has 0 aliphatic rings. The lowest BCUT2D eigenvalue weighted by Crippen LogP contribution is -2.11. The lowest BCUT2D eigenvalue weighted by atomic mass is 10.2. The van der Waals surface area contributed by atoms with Crippen molar-refractivity contribution in [2.45, 2.75) is 44.6 Å². The number of rotatable bonds is 6. The minimum atomic E-state index is 0.590. The second-order valence-electron chi connectivity index (χ2n) is 3.91. The van der Waals surface area contributed by atoms with E-state index in [1.54, 1.807) is 0 Å². The number of nitrogens with one attached hydrogen (secondary N) is 1. The number of hydrogen-bond donors (Lipinski definition) is 2. The first-order valence-corrected chi connectivity index (χ1v) is 6.65. The standard InChI is InChI=1S/C11H20N4S/c1-4-5-9-6-10(15-12)14-11(13-9)7-16-8(2)3/h6,8H,4-5,7,12H2,1-3H3,(H,13,14,15). The van der Waals surface area contributed by atoms with Crippen LogP contribution in [0.1, 0.15) is 38.7 Å². The molecule has 1 rings (SSSR count). The van der Waals surface area contributed by atoms with Gasteiger partial charge < -0.3 is 5.43 Å². The zero-order valence-corrected chi connectivity index (χ0v) is 11.0. The summed E-state index contributed by atoms with van der Waals surface area (Å²) in [5.41, 5.74) is 3.65. The predicted octanol–water partition coefficient (Wildman–Crippen LogP) is 2.36. The Morgan fingerprint density at radius 2 is 2.19 bits per heavy atom. The lowest BCUT2D eigenvalue weighted by molar-refractivity contribution is 0.853. The number of aryl methyl sites for hydroxylation is 1. The van der Waals surface area contributed by atoms with Gasteiger partial charge in [-0.3, -0.25) is 0 Å². The van der Waals surface area contributed by atoms with Gasteiger partial charge in [0.25, 0.3) is 0 Å². The second kappa shape index (κ2) is 6.70. The van der Waals surface area contributed by atoms with Crippen LogP contribution in [0, 0.1) is 0 Å². The first kappa shape index (κ1) is 13.3. The molecule has 0 spiro atoms. The van der Waals surface area contributed by atoms with Gasteiger partial charge in [0, 0.05) is 11.8 Å². The largest absolute Gasteiger partial charge is 0.308 e. The summed E-state index contributed by atoms with van der Waals surface area (Å²) >= 11 is 1.84. The first-order valence-electron chi connectivity index (χ1n) is 5.60. The average molecular weight is 240 g/mol. The average Bonchev–Trinajstić information content (AvgIpc) is 2.26. The topological polar surface area (TPSA) is 63.8 Å². The van der Waals surface area contributed by atoms with E-state index in [4.69, 9.17) is 5.84 Å². The molecule has 1 aromatic rings. The van der Waals surface area contributed by atoms with Crippen molar-refractivity contribution in [3.63, 3.8) is 0 Å². The molecule has 5 heteroatoms. The molecular formula is C11H20N4S. The quantitative estimate of drug-likeness (QED) is 0.590. The van der Waals surface area contributed by atoms with Crippen LogP contribution in [-0.2, 0) is 12.2 Å². The van der Waals surface area contributed by atoms with Gasteiger partial charge in [-0.25, -0.2) is 15.8 Å². The molecule has 0 saturated heterocycles. The molecule has 0 unspecified atom stereocenters. The zero-order chi connectivity index (χ0) is 12.0. The summed E-state index contributed by atoms with van der Waals surface area (Å²) in [4.78, 5) is 8.85. The van der Waals surface area contributed by atoms with E-state index < -0.39 is 0 Å². The van der Waals surface area contributed by atoms with Crippen molar-refractivity contribution in [1.82, 2.24) is 9.97 Å². The van der Waals surface area contributed by atoms with Gasteiger partial charge in [-0.15, -0.1) is 0 Å². The van der Waals surface area contributed by atoms with E-state index in [9.17, 15) is 0 Å². The Bertz CT molecular complexity index is 328. The molecule has 16 heavy (non-hydrogen) atoms. The Balaban J connectivity index is 2.77. The third-order valence-corrected chi connectivity index (χ3v) is 3.12. The van der Waals surface area contributed by atoms with Gasteiger partial charge in [-0.2, -0.15) is 11.8 Å². The van der Waals surface area contributed by atoms with E-state index in [1.807, 2.05) is 17.8 Å². The van der Waals surface area contributed by atoms with Gasteiger partial charge >= 0.3 is 0 Å². The third-order valence-electron chi connectivity index (χ3n) is 2.03. The number of nitrogens with two attached hydrogens (primary N) is 1. The molecule has 0 aliphatic heterocycles. The van der Waals surface area contributed by atoms with Gasteiger partial charge in [0.2, 0.25) is 0 Å². The number of hydrogen-bond acceptors (Lipinski definition) is 5. The van der Waals surface area contributed by atoms with Crippen molar-refractivity contribution in [3.05, 3.63) is 17.6 Å². The van der Waals surface area contributed by atoms with Gasteiger partial charge in [0.15, 0.2) is 0 Å². The van der Waals surface area contributed by atoms with E-state index in [1.165, 1.54) is 0 Å². The fraction of sp³-hybridized carbons (Fsp3) is 0.636. The zero-order valence-electron chi connectivity index (χ0n) is 10.2. The van der Waals surface area contributed by atoms with Crippen LogP contribution < -0.4 is 11.3 Å². The van der Waals surface area contributed by atoms with Crippen LogP contribution in [0.25, 0.3) is 0 Å². The molecule has 0 aliphatic carbocycles. The molecule has 4 nitrogen and oxygen atoms in total. The number of anilines is 1. The molecule has 0 bridgehead atoms. The normalized spacial score (nSPS) is 10.8. The Morgan fingerprint density at radius 1 is 1.44 bits per heavy atom. The highest BCUT2D eigenvalue weighted by Crippen LogP contribution is 2.16. The van der Waals surface area contributed by atoms with Crippen molar-refractivity contribution in [2.75, 3.05) is 5.43 Å². The molecule has 0 fully saturated rings. The number of nitrogens with zero attached hydrogens (tertiary/aromatic N) is 2. The molecule has 0 aromatic carbocycles. The van der Waals surface area contributed by atoms with Crippen molar-refractivity contribution in [2.24, 2.45) is 5.84 Å². The van der Waals surface area contributed by atoms with Crippen LogP contribution in [0.4, 0.5) is 5.82 Å². The smallest absolute Gasteiger partial charge is 0.143 e. The molecule has 0 radical (unpaired) electrons. The minimum absolute atomic E-state index is 0.590. The molecule has 90 valence electrons. The van der Waals surface area contributed by atoms with Gasteiger partial charge in [-0.05, 0) is 11.7 Å². The highest BCUT2D eigenvalue weighted by Gasteiger charge is 2.05. The lowest BCUT2D eigenvalue weighted by Gasteiger charge is -2.08. The van der Waals surface area contributed by atoms with E-state index in [-0.39, 0.29) is 0 Å². The van der Waals surface area contributed by atoms with Gasteiger partial charge in [-0.1, -0.05) is 27.2 Å². The van der Waals surface area contributed by atoms with Gasteiger partial charge in [0.05, 0.1) is 5.75 Å². The van der Waals surface area contributed by atoms with Crippen LogP contribution in [0.5, 0.6) is 0 Å². The molecule has 0 atom stereocenters. The van der Waals surface area contributed by atoms with Gasteiger partial charge in [0.1, 0.15) is 11.6 Å². The Kier molecular flexibility index (Phi) is 5.55. The second-order valence-corrected chi connectivity index (χ2v) is 5.48. The van der Waals surface area contributed by atoms with Crippen LogP contribution in [-0.4, -0.2) is 15.2 Å². The summed E-state index contributed by atoms with van der Waals surface area (Å²) in [5.74, 6) is 7.80. The molecule has 0 amide bonds. The molecule has 1 heterocycles. The maximum absolute atomic E-state index is 5.39. The van der Waals surface area contributed by atoms with Crippen molar-refractivity contribution >= 4 is 17.6 Å². The van der Waals surface area contributed by atoms with Crippen molar-refractivity contribution in [3.8, 4) is 0 Å². The van der Waals surface area contributed by atoms with E-state index in [0.29, 0.717) is 11.1 Å². The van der Waals surface area contributed by atoms with Crippen molar-refractivity contribution < 1.29 is 0 Å². The summed E-state index contributed by atoms with van der Waals surface area (Å²) in [6, 6.07) is 1.91. The number of thioether (sulfide) groups is 1. The maximum atomic E-state index is 5.39. The fourth-order valence-electron chi connectivity index (χ4n) is 1.32. The Morgan fingerprint density at radius 3 is 2.75 bits per heavy atom. The van der Waals surface area contributed by atoms with E-state index in [2.05, 4.69) is 36.2 Å². The number of nitrogen functional groups attached to an aromatic ring is 1. The summed E-state index contributed by atoms with van der Waals surface area (Å²) in [6.45, 7) is 6.48. The summed E-state index contributed by atoms with van der Waals surface area (Å²) < 4.78 is 0. The third kappa shape index (κ3) is 4.37. The number of hydrazine groups is 1. The maximum Gasteiger partial charge on any atom is 0.143 e. The number of aromatic nitrogens is 2. The Labute approximate surface area is 101 Å². The fourth-order valence-corrected chi connectivity index (χ4v) is 1.93. The van der Waals surface area contributed by atoms with Crippen molar-refractivity contribution in [1.29, 1.82) is 0 Å². The molecule has 3 N–H and O–H groups in total. The predicted molar refractivity (Wildman–Crippen MR) is 70.3 cm³/mol. The van der Waals surface area contributed by atoms with Crippen LogP contribution in [0.2, 0.25) is 0 Å². The SMILES string of the molecule is CCCc1cc(NN)nc(CSC(C)C)n1. The Hall–Kier alpha value is -0.810. The van der Waals surface area contributed by atoms with Crippen LogP contribution >= 0.6 is 11.8 Å². The molecular weight excluding hydrogens is 220 g/mol. The van der Waals surface area contributed by atoms with Crippen LogP contribution in [0.3, 0.4) is 0 Å². The van der Waals surface area contributed by atoms with E-state index in [0.717, 1.165) is 30.1 Å². The summed E-state index contributed by atoms with van der Waals surface area (Å²) in [7, 11) is 0. The highest BCUT2D eigenvalue weighted by atomic mass is 32.2. The monoisotopic (exact) mass is 240 g/mol. The van der Waals surface area contributed by atoms with E-state index >= 15 is 0 Å². The molecule has 0 saturated carbocycles. The molecule has 1 aromatic heterocycles. The minimum Gasteiger partial charge on any atom is -0.308 e. The summed E-state index contributed by atoms with van der Waals surface area (Å²) in [5, 5.41) is 0.590. The highest BCUT2D eigenvalue weighted by molar-refractivity contribution is 7.99. The summed E-state index contributed by atoms with van der Waals surface area (Å²) in [6.07, 6.45) is 2.05. The first-order chi connectivity index (χ1) is 7.65.